The molecule has 0 amide bonds. The molecule has 0 bridgehead atoms. The van der Waals surface area contributed by atoms with Crippen molar-refractivity contribution in [2.24, 2.45) is 5.92 Å². The normalized spacial score (nSPS) is 9.73. The summed E-state index contributed by atoms with van der Waals surface area (Å²) in [6.07, 6.45) is 1.55. The van der Waals surface area contributed by atoms with Crippen LogP contribution in [0.1, 0.15) is 0 Å². The number of hydrogen-bond donors (Lipinski definition) is 0. The minimum atomic E-state index is -0.196. The van der Waals surface area contributed by atoms with Crippen LogP contribution in [0.3, 0.4) is 0 Å². The zero-order valence-electron chi connectivity index (χ0n) is 6.06. The van der Waals surface area contributed by atoms with Crippen molar-refractivity contribution in [3.63, 3.8) is 0 Å². The summed E-state index contributed by atoms with van der Waals surface area (Å²) in [7, 11) is 0. The summed E-state index contributed by atoms with van der Waals surface area (Å²) >= 11 is 6.42. The van der Waals surface area contributed by atoms with Crippen LogP contribution in [0.4, 0.5) is 0 Å². The van der Waals surface area contributed by atoms with E-state index >= 15 is 0 Å². The summed E-state index contributed by atoms with van der Waals surface area (Å²) < 4.78 is 4.82. The Kier molecular flexibility index (Phi) is 6.96. The Balaban J connectivity index is 3.69. The van der Waals surface area contributed by atoms with Crippen molar-refractivity contribution >= 4 is 37.8 Å². The molecule has 64 valence electrons. The molecule has 0 atom stereocenters. The number of ether oxygens (including phenoxy) is 1. The molecule has 0 aromatic carbocycles. The smallest absolute Gasteiger partial charge is 0.310 e. The molecule has 0 aromatic heterocycles. The summed E-state index contributed by atoms with van der Waals surface area (Å²) in [5.41, 5.74) is 0. The second-order valence-electron chi connectivity index (χ2n) is 1.92. The summed E-state index contributed by atoms with van der Waals surface area (Å²) in [6, 6.07) is 0. The molecule has 0 N–H and O–H groups in total. The lowest BCUT2D eigenvalue weighted by atomic mass is 10.2. The molecule has 11 heavy (non-hydrogen) atoms. The fourth-order valence-corrected chi connectivity index (χ4v) is 2.03. The SMILES string of the molecule is C=CCOC(=O)C(CBr)CBr. The third kappa shape index (κ3) is 4.58. The summed E-state index contributed by atoms with van der Waals surface area (Å²) in [5, 5.41) is 1.24. The lowest BCUT2D eigenvalue weighted by Gasteiger charge is -2.08. The highest BCUT2D eigenvalue weighted by molar-refractivity contribution is 9.09. The summed E-state index contributed by atoms with van der Waals surface area (Å²) in [5.74, 6) is -0.298. The zero-order valence-corrected chi connectivity index (χ0v) is 9.23. The molecule has 0 aliphatic carbocycles. The molecule has 0 unspecified atom stereocenters. The zero-order chi connectivity index (χ0) is 8.69. The van der Waals surface area contributed by atoms with Crippen molar-refractivity contribution in [3.8, 4) is 0 Å². The third-order valence-electron chi connectivity index (χ3n) is 1.05. The van der Waals surface area contributed by atoms with E-state index in [0.717, 1.165) is 0 Å². The van der Waals surface area contributed by atoms with E-state index in [1.807, 2.05) is 0 Å². The number of carbonyl (C=O) groups excluding carboxylic acids is 1. The van der Waals surface area contributed by atoms with Crippen molar-refractivity contribution in [3.05, 3.63) is 12.7 Å². The molecular formula is C7H10Br2O2. The highest BCUT2D eigenvalue weighted by atomic mass is 79.9. The lowest BCUT2D eigenvalue weighted by Crippen LogP contribution is -2.20. The van der Waals surface area contributed by atoms with Gasteiger partial charge in [0.1, 0.15) is 6.61 Å². The number of esters is 1. The Morgan fingerprint density at radius 1 is 1.55 bits per heavy atom. The molecular weight excluding hydrogens is 276 g/mol. The van der Waals surface area contributed by atoms with Crippen LogP contribution < -0.4 is 0 Å². The van der Waals surface area contributed by atoms with Crippen LogP contribution in [0.2, 0.25) is 0 Å². The van der Waals surface area contributed by atoms with Crippen molar-refractivity contribution in [1.29, 1.82) is 0 Å². The van der Waals surface area contributed by atoms with Gasteiger partial charge in [-0.05, 0) is 0 Å². The molecule has 0 radical (unpaired) electrons. The van der Waals surface area contributed by atoms with Gasteiger partial charge in [0.2, 0.25) is 0 Å². The number of halogens is 2. The molecule has 0 aromatic rings. The second-order valence-corrected chi connectivity index (χ2v) is 3.22. The quantitative estimate of drug-likeness (QED) is 0.439. The maximum Gasteiger partial charge on any atom is 0.310 e. The van der Waals surface area contributed by atoms with Crippen molar-refractivity contribution in [2.45, 2.75) is 0 Å². The van der Waals surface area contributed by atoms with E-state index in [0.29, 0.717) is 10.7 Å². The van der Waals surface area contributed by atoms with Crippen LogP contribution in [-0.4, -0.2) is 23.2 Å². The van der Waals surface area contributed by atoms with Crippen LogP contribution in [0.15, 0.2) is 12.7 Å². The predicted molar refractivity (Wildman–Crippen MR) is 52.2 cm³/mol. The van der Waals surface area contributed by atoms with E-state index in [1.54, 1.807) is 6.08 Å². The van der Waals surface area contributed by atoms with Gasteiger partial charge in [0.15, 0.2) is 0 Å². The Bertz CT molecular complexity index is 132. The molecule has 0 spiro atoms. The summed E-state index contributed by atoms with van der Waals surface area (Å²) in [4.78, 5) is 11.0. The molecule has 4 heteroatoms. The van der Waals surface area contributed by atoms with E-state index < -0.39 is 0 Å². The van der Waals surface area contributed by atoms with E-state index in [2.05, 4.69) is 38.4 Å². The van der Waals surface area contributed by atoms with E-state index in [9.17, 15) is 4.79 Å². The molecule has 0 aliphatic rings. The van der Waals surface area contributed by atoms with Crippen LogP contribution in [-0.2, 0) is 9.53 Å². The van der Waals surface area contributed by atoms with E-state index in [-0.39, 0.29) is 18.5 Å². The van der Waals surface area contributed by atoms with Crippen molar-refractivity contribution in [1.82, 2.24) is 0 Å². The molecule has 0 aliphatic heterocycles. The van der Waals surface area contributed by atoms with Gasteiger partial charge in [-0.1, -0.05) is 44.5 Å². The fourth-order valence-electron chi connectivity index (χ4n) is 0.426. The van der Waals surface area contributed by atoms with Gasteiger partial charge in [0, 0.05) is 10.7 Å². The second kappa shape index (κ2) is 6.85. The minimum Gasteiger partial charge on any atom is -0.461 e. The highest BCUT2D eigenvalue weighted by Crippen LogP contribution is 2.07. The van der Waals surface area contributed by atoms with Gasteiger partial charge >= 0.3 is 5.97 Å². The van der Waals surface area contributed by atoms with Gasteiger partial charge in [-0.15, -0.1) is 0 Å². The van der Waals surface area contributed by atoms with Crippen molar-refractivity contribution in [2.75, 3.05) is 17.3 Å². The van der Waals surface area contributed by atoms with Gasteiger partial charge in [-0.3, -0.25) is 4.79 Å². The number of hydrogen-bond acceptors (Lipinski definition) is 2. The minimum absolute atomic E-state index is 0.102. The first-order valence-electron chi connectivity index (χ1n) is 3.15. The topological polar surface area (TPSA) is 26.3 Å². The molecule has 0 saturated carbocycles. The van der Waals surface area contributed by atoms with Crippen LogP contribution in [0, 0.1) is 5.92 Å². The molecule has 0 saturated heterocycles. The number of carbonyl (C=O) groups is 1. The summed E-state index contributed by atoms with van der Waals surface area (Å²) in [6.45, 7) is 3.73. The first-order chi connectivity index (χ1) is 5.26. The molecule has 0 fully saturated rings. The third-order valence-corrected chi connectivity index (χ3v) is 2.61. The van der Waals surface area contributed by atoms with Crippen LogP contribution >= 0.6 is 31.9 Å². The number of rotatable bonds is 5. The van der Waals surface area contributed by atoms with Crippen LogP contribution in [0.25, 0.3) is 0 Å². The van der Waals surface area contributed by atoms with Gasteiger partial charge in [0.05, 0.1) is 5.92 Å². The molecule has 0 heterocycles. The van der Waals surface area contributed by atoms with E-state index in [1.165, 1.54) is 0 Å². The maximum atomic E-state index is 11.0. The Labute approximate surface area is 83.2 Å². The standard InChI is InChI=1S/C7H10Br2O2/c1-2-3-11-7(10)6(4-8)5-9/h2,6H,1,3-5H2. The Morgan fingerprint density at radius 3 is 2.45 bits per heavy atom. The maximum absolute atomic E-state index is 11.0. The lowest BCUT2D eigenvalue weighted by molar-refractivity contribution is -0.145. The van der Waals surface area contributed by atoms with Gasteiger partial charge < -0.3 is 4.74 Å². The average molecular weight is 286 g/mol. The Morgan fingerprint density at radius 2 is 2.09 bits per heavy atom. The van der Waals surface area contributed by atoms with Gasteiger partial charge in [-0.2, -0.15) is 0 Å². The molecule has 0 rings (SSSR count). The Hall–Kier alpha value is 0.170. The molecule has 2 nitrogen and oxygen atoms in total. The highest BCUT2D eigenvalue weighted by Gasteiger charge is 2.16. The predicted octanol–water partition coefficient (Wildman–Crippen LogP) is 2.12. The van der Waals surface area contributed by atoms with E-state index in [4.69, 9.17) is 4.74 Å². The average Bonchev–Trinajstić information content (AvgIpc) is 2.03. The van der Waals surface area contributed by atoms with Gasteiger partial charge in [0.25, 0.3) is 0 Å². The first-order valence-corrected chi connectivity index (χ1v) is 5.40. The fraction of sp³-hybridized carbons (Fsp3) is 0.571. The first kappa shape index (κ1) is 11.2. The largest absolute Gasteiger partial charge is 0.461 e. The van der Waals surface area contributed by atoms with Crippen molar-refractivity contribution < 1.29 is 9.53 Å². The van der Waals surface area contributed by atoms with Gasteiger partial charge in [-0.25, -0.2) is 0 Å². The number of alkyl halides is 2. The van der Waals surface area contributed by atoms with Crippen LogP contribution in [0.5, 0.6) is 0 Å². The monoisotopic (exact) mass is 284 g/mol.